The van der Waals surface area contributed by atoms with Gasteiger partial charge in [-0.2, -0.15) is 0 Å². The number of aryl methyl sites for hydroxylation is 1. The summed E-state index contributed by atoms with van der Waals surface area (Å²) in [5, 5.41) is 3.14. The zero-order chi connectivity index (χ0) is 24.5. The number of H-pyrrole nitrogens is 1. The van der Waals surface area contributed by atoms with Gasteiger partial charge in [-0.3, -0.25) is 14.6 Å². The van der Waals surface area contributed by atoms with Gasteiger partial charge >= 0.3 is 0 Å². The molecule has 2 amide bonds. The van der Waals surface area contributed by atoms with Crippen molar-refractivity contribution in [2.24, 2.45) is 5.92 Å². The van der Waals surface area contributed by atoms with E-state index in [0.717, 1.165) is 48.0 Å². The summed E-state index contributed by atoms with van der Waals surface area (Å²) in [6, 6.07) is 6.43. The number of carbonyl (C=O) groups excluding carboxylic acids is 2. The van der Waals surface area contributed by atoms with Crippen molar-refractivity contribution in [1.29, 1.82) is 0 Å². The number of fused-ring (bicyclic) bond motifs is 1. The van der Waals surface area contributed by atoms with Crippen molar-refractivity contribution in [1.82, 2.24) is 20.2 Å². The number of amides is 2. The quantitative estimate of drug-likeness (QED) is 0.520. The molecule has 0 atom stereocenters. The second kappa shape index (κ2) is 9.68. The molecule has 184 valence electrons. The van der Waals surface area contributed by atoms with Crippen LogP contribution in [0.15, 0.2) is 30.5 Å². The second-order valence-electron chi connectivity index (χ2n) is 9.58. The molecule has 1 aromatic carbocycles. The molecule has 2 aliphatic rings. The zero-order valence-corrected chi connectivity index (χ0v) is 20.2. The molecule has 2 N–H and O–H groups in total. The summed E-state index contributed by atoms with van der Waals surface area (Å²) in [4.78, 5) is 35.0. The van der Waals surface area contributed by atoms with Gasteiger partial charge in [0, 0.05) is 54.6 Å². The van der Waals surface area contributed by atoms with Crippen LogP contribution in [-0.2, 0) is 4.79 Å². The topological polar surface area (TPSA) is 87.3 Å². The number of likely N-dealkylation sites (tertiary alicyclic amines) is 1. The molecule has 0 spiro atoms. The highest BCUT2D eigenvalue weighted by atomic mass is 19.1. The molecule has 1 aliphatic heterocycles. The van der Waals surface area contributed by atoms with Crippen molar-refractivity contribution in [3.8, 4) is 16.9 Å². The number of pyridine rings is 1. The number of aromatic nitrogens is 2. The maximum absolute atomic E-state index is 14.0. The average molecular weight is 479 g/mol. The van der Waals surface area contributed by atoms with Gasteiger partial charge in [-0.1, -0.05) is 6.92 Å². The van der Waals surface area contributed by atoms with Crippen molar-refractivity contribution < 1.29 is 18.7 Å². The van der Waals surface area contributed by atoms with Gasteiger partial charge in [0.15, 0.2) is 0 Å². The van der Waals surface area contributed by atoms with E-state index in [2.05, 4.69) is 15.3 Å². The molecule has 1 saturated heterocycles. The molecule has 3 heterocycles. The summed E-state index contributed by atoms with van der Waals surface area (Å²) in [6.45, 7) is 5.61. The fourth-order valence-corrected chi connectivity index (χ4v) is 4.79. The summed E-state index contributed by atoms with van der Waals surface area (Å²) in [6.07, 6.45) is 5.92. The third kappa shape index (κ3) is 4.88. The Kier molecular flexibility index (Phi) is 6.45. The van der Waals surface area contributed by atoms with Crippen LogP contribution in [-0.4, -0.2) is 52.4 Å². The van der Waals surface area contributed by atoms with Crippen molar-refractivity contribution in [3.05, 3.63) is 47.5 Å². The predicted molar refractivity (Wildman–Crippen MR) is 132 cm³/mol. The van der Waals surface area contributed by atoms with E-state index >= 15 is 0 Å². The van der Waals surface area contributed by atoms with E-state index in [-0.39, 0.29) is 23.7 Å². The molecular weight excluding hydrogens is 447 g/mol. The molecule has 0 bridgehead atoms. The van der Waals surface area contributed by atoms with E-state index in [1.54, 1.807) is 12.3 Å². The molecule has 0 unspecified atom stereocenters. The lowest BCUT2D eigenvalue weighted by molar-refractivity contribution is -0.131. The number of carbonyl (C=O) groups is 2. The van der Waals surface area contributed by atoms with Gasteiger partial charge in [0.05, 0.1) is 17.7 Å². The summed E-state index contributed by atoms with van der Waals surface area (Å²) in [5.41, 5.74) is 4.11. The fourth-order valence-electron chi connectivity index (χ4n) is 4.79. The Morgan fingerprint density at radius 1 is 1.17 bits per heavy atom. The second-order valence-corrected chi connectivity index (χ2v) is 9.58. The van der Waals surface area contributed by atoms with E-state index in [1.807, 2.05) is 24.8 Å². The summed E-state index contributed by atoms with van der Waals surface area (Å²) in [7, 11) is 0. The Bertz CT molecular complexity index is 1260. The van der Waals surface area contributed by atoms with Crippen LogP contribution >= 0.6 is 0 Å². The van der Waals surface area contributed by atoms with Crippen LogP contribution in [0, 0.1) is 18.7 Å². The van der Waals surface area contributed by atoms with Crippen molar-refractivity contribution in [2.45, 2.75) is 52.0 Å². The monoisotopic (exact) mass is 478 g/mol. The molecule has 2 aromatic heterocycles. The van der Waals surface area contributed by atoms with Crippen LogP contribution in [0.25, 0.3) is 22.2 Å². The average Bonchev–Trinajstić information content (AvgIpc) is 3.62. The van der Waals surface area contributed by atoms with Crippen LogP contribution in [0.5, 0.6) is 5.75 Å². The molecule has 7 nitrogen and oxygen atoms in total. The third-order valence-corrected chi connectivity index (χ3v) is 6.99. The number of hydrogen-bond donors (Lipinski definition) is 2. The number of ether oxygens (including phenoxy) is 1. The van der Waals surface area contributed by atoms with Gasteiger partial charge in [0.25, 0.3) is 5.91 Å². The smallest absolute Gasteiger partial charge is 0.255 e. The Balaban J connectivity index is 1.40. The first-order valence-electron chi connectivity index (χ1n) is 12.4. The van der Waals surface area contributed by atoms with Crippen molar-refractivity contribution in [2.75, 3.05) is 19.7 Å². The van der Waals surface area contributed by atoms with E-state index in [9.17, 15) is 14.0 Å². The van der Waals surface area contributed by atoms with Crippen LogP contribution in [0.4, 0.5) is 4.39 Å². The normalized spacial score (nSPS) is 16.5. The number of nitrogens with zero attached hydrogens (tertiary/aromatic N) is 2. The first-order chi connectivity index (χ1) is 16.9. The lowest BCUT2D eigenvalue weighted by Crippen LogP contribution is -2.46. The Labute approximate surface area is 204 Å². The highest BCUT2D eigenvalue weighted by molar-refractivity contribution is 6.09. The van der Waals surface area contributed by atoms with Crippen LogP contribution in [0.1, 0.15) is 55.1 Å². The van der Waals surface area contributed by atoms with E-state index in [4.69, 9.17) is 4.74 Å². The SMILES string of the molecule is CCC(=O)N1CCC(NC(=O)c2c(C)[nH]c3c(-c4ccc(F)cc4OCC4CC4)ccnc23)CC1. The minimum atomic E-state index is -0.348. The number of hydrogen-bond acceptors (Lipinski definition) is 4. The Morgan fingerprint density at radius 2 is 1.94 bits per heavy atom. The maximum Gasteiger partial charge on any atom is 0.255 e. The maximum atomic E-state index is 14.0. The third-order valence-electron chi connectivity index (χ3n) is 6.99. The molecule has 1 saturated carbocycles. The van der Waals surface area contributed by atoms with Crippen LogP contribution in [0.3, 0.4) is 0 Å². The molecule has 35 heavy (non-hydrogen) atoms. The lowest BCUT2D eigenvalue weighted by atomic mass is 10.0. The highest BCUT2D eigenvalue weighted by Crippen LogP contribution is 2.38. The number of nitrogens with one attached hydrogen (secondary N) is 2. The minimum Gasteiger partial charge on any atom is -0.493 e. The van der Waals surface area contributed by atoms with Gasteiger partial charge in [0.2, 0.25) is 5.91 Å². The standard InChI is InChI=1S/C27H31FN4O3/c1-3-23(33)32-12-9-19(10-13-32)31-27(34)24-16(2)30-25-21(8-11-29-26(24)25)20-7-6-18(28)14-22(20)35-15-17-4-5-17/h6-8,11,14,17,19,30H,3-5,9-10,12-13,15H2,1-2H3,(H,31,34). The number of halogens is 1. The molecule has 0 radical (unpaired) electrons. The molecule has 8 heteroatoms. The molecule has 2 fully saturated rings. The van der Waals surface area contributed by atoms with Crippen LogP contribution in [0.2, 0.25) is 0 Å². The van der Waals surface area contributed by atoms with Gasteiger partial charge < -0.3 is 19.9 Å². The zero-order valence-electron chi connectivity index (χ0n) is 20.2. The predicted octanol–water partition coefficient (Wildman–Crippen LogP) is 4.60. The van der Waals surface area contributed by atoms with Gasteiger partial charge in [-0.25, -0.2) is 4.39 Å². The van der Waals surface area contributed by atoms with E-state index in [1.165, 1.54) is 12.1 Å². The van der Waals surface area contributed by atoms with Crippen molar-refractivity contribution >= 4 is 22.8 Å². The number of rotatable bonds is 7. The van der Waals surface area contributed by atoms with Crippen LogP contribution < -0.4 is 10.1 Å². The van der Waals surface area contributed by atoms with Gasteiger partial charge in [-0.05, 0) is 56.7 Å². The molecule has 3 aromatic rings. The molecule has 5 rings (SSSR count). The molecule has 1 aliphatic carbocycles. The van der Waals surface area contributed by atoms with Gasteiger partial charge in [0.1, 0.15) is 17.1 Å². The molecular formula is C27H31FN4O3. The number of piperidine rings is 1. The first-order valence-corrected chi connectivity index (χ1v) is 12.4. The van der Waals surface area contributed by atoms with E-state index < -0.39 is 0 Å². The Morgan fingerprint density at radius 3 is 2.66 bits per heavy atom. The van der Waals surface area contributed by atoms with Gasteiger partial charge in [-0.15, -0.1) is 0 Å². The summed E-state index contributed by atoms with van der Waals surface area (Å²) in [5.74, 6) is 0.664. The lowest BCUT2D eigenvalue weighted by Gasteiger charge is -2.32. The fraction of sp³-hybridized carbons (Fsp3) is 0.444. The van der Waals surface area contributed by atoms with E-state index in [0.29, 0.717) is 48.9 Å². The number of aromatic amines is 1. The number of benzene rings is 1. The summed E-state index contributed by atoms with van der Waals surface area (Å²) >= 11 is 0. The highest BCUT2D eigenvalue weighted by Gasteiger charge is 2.27. The summed E-state index contributed by atoms with van der Waals surface area (Å²) < 4.78 is 20.0. The largest absolute Gasteiger partial charge is 0.493 e. The first kappa shape index (κ1) is 23.3. The Hall–Kier alpha value is -3.42. The minimum absolute atomic E-state index is 0.00969. The van der Waals surface area contributed by atoms with Crippen molar-refractivity contribution in [3.63, 3.8) is 0 Å².